The minimum Gasteiger partial charge on any atom is -0.479 e. The number of fused-ring (bicyclic) bond motifs is 1. The van der Waals surface area contributed by atoms with E-state index >= 15 is 0 Å². The monoisotopic (exact) mass is 233 g/mol. The number of aromatic nitrogens is 1. The van der Waals surface area contributed by atoms with Gasteiger partial charge in [-0.2, -0.15) is 0 Å². The third-order valence-corrected chi connectivity index (χ3v) is 2.96. The maximum Gasteiger partial charge on any atom is 0.333 e. The molecule has 0 fully saturated rings. The van der Waals surface area contributed by atoms with Crippen LogP contribution in [-0.2, 0) is 16.0 Å². The van der Waals surface area contributed by atoms with Crippen molar-refractivity contribution in [3.63, 3.8) is 0 Å². The van der Waals surface area contributed by atoms with Crippen LogP contribution in [-0.4, -0.2) is 29.3 Å². The Morgan fingerprint density at radius 1 is 1.53 bits per heavy atom. The number of carboxylic acid groups (broad SMARTS) is 1. The molecule has 4 heteroatoms. The Morgan fingerprint density at radius 2 is 2.29 bits per heavy atom. The number of benzene rings is 1. The van der Waals surface area contributed by atoms with Gasteiger partial charge in [-0.15, -0.1) is 0 Å². The summed E-state index contributed by atoms with van der Waals surface area (Å²) in [6.45, 7) is 2.02. The molecule has 17 heavy (non-hydrogen) atoms. The Labute approximate surface area is 99.2 Å². The SMILES string of the molecule is CO[C@@H](Cc1c[nH]c2cccc(C)c12)C(=O)O. The van der Waals surface area contributed by atoms with Crippen molar-refractivity contribution in [3.8, 4) is 0 Å². The van der Waals surface area contributed by atoms with Gasteiger partial charge in [0.15, 0.2) is 6.10 Å². The normalized spacial score (nSPS) is 12.8. The second kappa shape index (κ2) is 4.59. The molecule has 1 atom stereocenters. The second-order valence-electron chi connectivity index (χ2n) is 4.08. The van der Waals surface area contributed by atoms with E-state index in [1.807, 2.05) is 31.3 Å². The number of ether oxygens (including phenoxy) is 1. The number of rotatable bonds is 4. The number of H-pyrrole nitrogens is 1. The first-order valence-electron chi connectivity index (χ1n) is 5.44. The lowest BCUT2D eigenvalue weighted by atomic mass is 10.0. The van der Waals surface area contributed by atoms with E-state index in [2.05, 4.69) is 4.98 Å². The van der Waals surface area contributed by atoms with Gasteiger partial charge in [-0.1, -0.05) is 12.1 Å². The first-order valence-corrected chi connectivity index (χ1v) is 5.44. The van der Waals surface area contributed by atoms with E-state index in [0.29, 0.717) is 6.42 Å². The van der Waals surface area contributed by atoms with Gasteiger partial charge in [0.1, 0.15) is 0 Å². The van der Waals surface area contributed by atoms with Crippen molar-refractivity contribution in [2.45, 2.75) is 19.4 Å². The number of carboxylic acids is 1. The summed E-state index contributed by atoms with van der Waals surface area (Å²) < 4.78 is 4.96. The van der Waals surface area contributed by atoms with Gasteiger partial charge in [0.2, 0.25) is 0 Å². The topological polar surface area (TPSA) is 62.3 Å². The molecule has 0 radical (unpaired) electrons. The molecule has 1 aromatic carbocycles. The molecule has 0 unspecified atom stereocenters. The first-order chi connectivity index (χ1) is 8.13. The van der Waals surface area contributed by atoms with E-state index in [-0.39, 0.29) is 0 Å². The molecule has 2 rings (SSSR count). The van der Waals surface area contributed by atoms with Crippen LogP contribution in [0.4, 0.5) is 0 Å². The molecular weight excluding hydrogens is 218 g/mol. The lowest BCUT2D eigenvalue weighted by Gasteiger charge is -2.09. The predicted octanol–water partition coefficient (Wildman–Crippen LogP) is 2.12. The zero-order valence-corrected chi connectivity index (χ0v) is 9.86. The molecule has 4 nitrogen and oxygen atoms in total. The van der Waals surface area contributed by atoms with Crippen molar-refractivity contribution in [1.82, 2.24) is 4.98 Å². The Balaban J connectivity index is 2.39. The van der Waals surface area contributed by atoms with Crippen LogP contribution in [0.5, 0.6) is 0 Å². The predicted molar refractivity (Wildman–Crippen MR) is 65.2 cm³/mol. The molecule has 90 valence electrons. The third-order valence-electron chi connectivity index (χ3n) is 2.96. The summed E-state index contributed by atoms with van der Waals surface area (Å²) in [6.07, 6.45) is 1.43. The van der Waals surface area contributed by atoms with E-state index in [1.165, 1.54) is 7.11 Å². The van der Waals surface area contributed by atoms with Crippen molar-refractivity contribution in [2.24, 2.45) is 0 Å². The third kappa shape index (κ3) is 2.17. The number of methoxy groups -OCH3 is 1. The van der Waals surface area contributed by atoms with E-state index in [4.69, 9.17) is 9.84 Å². The number of nitrogens with one attached hydrogen (secondary N) is 1. The van der Waals surface area contributed by atoms with E-state index in [1.54, 1.807) is 0 Å². The number of aliphatic carboxylic acids is 1. The summed E-state index contributed by atoms with van der Waals surface area (Å²) in [4.78, 5) is 14.1. The smallest absolute Gasteiger partial charge is 0.333 e. The molecule has 0 saturated carbocycles. The number of hydrogen-bond acceptors (Lipinski definition) is 2. The van der Waals surface area contributed by atoms with Gasteiger partial charge in [0.25, 0.3) is 0 Å². The molecule has 0 aliphatic rings. The second-order valence-corrected chi connectivity index (χ2v) is 4.08. The highest BCUT2D eigenvalue weighted by Crippen LogP contribution is 2.23. The van der Waals surface area contributed by atoms with Crippen LogP contribution in [0.25, 0.3) is 10.9 Å². The first kappa shape index (κ1) is 11.7. The Morgan fingerprint density at radius 3 is 2.94 bits per heavy atom. The fourth-order valence-electron chi connectivity index (χ4n) is 2.08. The average Bonchev–Trinajstić information content (AvgIpc) is 2.70. The summed E-state index contributed by atoms with van der Waals surface area (Å²) in [5, 5.41) is 10.1. The number of carbonyl (C=O) groups is 1. The maximum atomic E-state index is 10.9. The van der Waals surface area contributed by atoms with Crippen LogP contribution >= 0.6 is 0 Å². The van der Waals surface area contributed by atoms with Gasteiger partial charge >= 0.3 is 5.97 Å². The van der Waals surface area contributed by atoms with Crippen molar-refractivity contribution in [2.75, 3.05) is 7.11 Å². The highest BCUT2D eigenvalue weighted by atomic mass is 16.5. The van der Waals surface area contributed by atoms with E-state index in [0.717, 1.165) is 22.0 Å². The van der Waals surface area contributed by atoms with Gasteiger partial charge < -0.3 is 14.8 Å². The molecule has 2 N–H and O–H groups in total. The Kier molecular flexibility index (Phi) is 3.15. The fraction of sp³-hybridized carbons (Fsp3) is 0.308. The highest BCUT2D eigenvalue weighted by Gasteiger charge is 2.19. The van der Waals surface area contributed by atoms with Crippen LogP contribution in [0.15, 0.2) is 24.4 Å². The minimum atomic E-state index is -0.935. The van der Waals surface area contributed by atoms with Crippen molar-refractivity contribution in [1.29, 1.82) is 0 Å². The Hall–Kier alpha value is -1.81. The summed E-state index contributed by atoms with van der Waals surface area (Å²) >= 11 is 0. The lowest BCUT2D eigenvalue weighted by molar-refractivity contribution is -0.148. The van der Waals surface area contributed by atoms with Gasteiger partial charge in [-0.05, 0) is 24.1 Å². The number of hydrogen-bond donors (Lipinski definition) is 2. The van der Waals surface area contributed by atoms with Crippen LogP contribution in [0.3, 0.4) is 0 Å². The molecule has 1 heterocycles. The van der Waals surface area contributed by atoms with Crippen molar-refractivity contribution < 1.29 is 14.6 Å². The quantitative estimate of drug-likeness (QED) is 0.850. The fourth-order valence-corrected chi connectivity index (χ4v) is 2.08. The van der Waals surface area contributed by atoms with Crippen LogP contribution in [0, 0.1) is 6.92 Å². The number of aromatic amines is 1. The van der Waals surface area contributed by atoms with Crippen LogP contribution in [0.1, 0.15) is 11.1 Å². The molecule has 0 aliphatic heterocycles. The van der Waals surface area contributed by atoms with E-state index in [9.17, 15) is 4.79 Å². The Bertz CT molecular complexity index is 545. The molecule has 0 amide bonds. The van der Waals surface area contributed by atoms with Gasteiger partial charge in [0, 0.05) is 30.6 Å². The standard InChI is InChI=1S/C13H15NO3/c1-8-4-3-5-10-12(8)9(7-14-10)6-11(17-2)13(15)16/h3-5,7,11,14H,6H2,1-2H3,(H,15,16)/t11-/m0/s1. The lowest BCUT2D eigenvalue weighted by Crippen LogP contribution is -2.24. The van der Waals surface area contributed by atoms with Crippen molar-refractivity contribution in [3.05, 3.63) is 35.5 Å². The maximum absolute atomic E-state index is 10.9. The summed E-state index contributed by atoms with van der Waals surface area (Å²) in [7, 11) is 1.42. The minimum absolute atomic E-state index is 0.372. The van der Waals surface area contributed by atoms with Gasteiger partial charge in [-0.25, -0.2) is 4.79 Å². The summed E-state index contributed by atoms with van der Waals surface area (Å²) in [6, 6.07) is 5.97. The molecule has 2 aromatic rings. The van der Waals surface area contributed by atoms with Gasteiger partial charge in [-0.3, -0.25) is 0 Å². The van der Waals surface area contributed by atoms with Gasteiger partial charge in [0.05, 0.1) is 0 Å². The summed E-state index contributed by atoms with van der Waals surface area (Å²) in [5.74, 6) is -0.935. The molecular formula is C13H15NO3. The zero-order valence-electron chi connectivity index (χ0n) is 9.86. The molecule has 0 saturated heterocycles. The average molecular weight is 233 g/mol. The van der Waals surface area contributed by atoms with Crippen molar-refractivity contribution >= 4 is 16.9 Å². The molecule has 0 spiro atoms. The molecule has 1 aromatic heterocycles. The van der Waals surface area contributed by atoms with Crippen LogP contribution in [0.2, 0.25) is 0 Å². The van der Waals surface area contributed by atoms with Crippen LogP contribution < -0.4 is 0 Å². The highest BCUT2D eigenvalue weighted by molar-refractivity contribution is 5.87. The van der Waals surface area contributed by atoms with E-state index < -0.39 is 12.1 Å². The summed E-state index contributed by atoms with van der Waals surface area (Å²) in [5.41, 5.74) is 3.14. The largest absolute Gasteiger partial charge is 0.479 e. The molecule has 0 bridgehead atoms. The zero-order chi connectivity index (χ0) is 12.4. The molecule has 0 aliphatic carbocycles. The number of aryl methyl sites for hydroxylation is 1.